The second-order valence-electron chi connectivity index (χ2n) is 2.53. The lowest BCUT2D eigenvalue weighted by molar-refractivity contribution is 0.591. The first-order valence-electron chi connectivity index (χ1n) is 3.52. The molecule has 1 N–H and O–H groups in total. The standard InChI is InChI=1S/C8H7BFNO/c1-9(12)7-3-2-6(5-11)8(10)4-7/h2-4,12H,1H3. The van der Waals surface area contributed by atoms with Crippen LogP contribution in [0.25, 0.3) is 0 Å². The molecule has 0 aliphatic carbocycles. The van der Waals surface area contributed by atoms with E-state index in [0.29, 0.717) is 5.46 Å². The minimum atomic E-state index is -0.702. The summed E-state index contributed by atoms with van der Waals surface area (Å²) in [6, 6.07) is 5.77. The first-order valence-corrected chi connectivity index (χ1v) is 3.52. The van der Waals surface area contributed by atoms with E-state index in [1.165, 1.54) is 18.2 Å². The number of benzene rings is 1. The van der Waals surface area contributed by atoms with Gasteiger partial charge >= 0.3 is 6.92 Å². The van der Waals surface area contributed by atoms with E-state index >= 15 is 0 Å². The number of nitriles is 1. The number of hydrogen-bond donors (Lipinski definition) is 1. The van der Waals surface area contributed by atoms with Crippen molar-refractivity contribution in [1.82, 2.24) is 0 Å². The van der Waals surface area contributed by atoms with E-state index in [1.807, 2.05) is 0 Å². The Kier molecular flexibility index (Phi) is 2.46. The SMILES string of the molecule is CB(O)c1ccc(C#N)c(F)c1. The topological polar surface area (TPSA) is 44.0 Å². The molecule has 2 nitrogen and oxygen atoms in total. The van der Waals surface area contributed by atoms with Gasteiger partial charge in [-0.3, -0.25) is 0 Å². The van der Waals surface area contributed by atoms with Gasteiger partial charge in [0.1, 0.15) is 11.9 Å². The van der Waals surface area contributed by atoms with Crippen LogP contribution in [-0.4, -0.2) is 11.9 Å². The smallest absolute Gasteiger partial charge is 0.320 e. The summed E-state index contributed by atoms with van der Waals surface area (Å²) in [5, 5.41) is 17.5. The highest BCUT2D eigenvalue weighted by molar-refractivity contribution is 6.64. The van der Waals surface area contributed by atoms with Crippen LogP contribution in [0.1, 0.15) is 5.56 Å². The van der Waals surface area contributed by atoms with Crippen molar-refractivity contribution >= 4 is 12.4 Å². The van der Waals surface area contributed by atoms with Crippen LogP contribution in [0, 0.1) is 17.1 Å². The third-order valence-corrected chi connectivity index (χ3v) is 1.60. The van der Waals surface area contributed by atoms with Gasteiger partial charge in [0.25, 0.3) is 0 Å². The molecule has 4 heteroatoms. The molecule has 0 saturated carbocycles. The Morgan fingerprint density at radius 2 is 2.25 bits per heavy atom. The Morgan fingerprint density at radius 1 is 1.58 bits per heavy atom. The lowest BCUT2D eigenvalue weighted by Gasteiger charge is -2.00. The molecule has 0 radical (unpaired) electrons. The summed E-state index contributed by atoms with van der Waals surface area (Å²) >= 11 is 0. The Morgan fingerprint density at radius 3 is 2.67 bits per heavy atom. The van der Waals surface area contributed by atoms with Crippen LogP contribution in [0.3, 0.4) is 0 Å². The van der Waals surface area contributed by atoms with Crippen LogP contribution < -0.4 is 5.46 Å². The van der Waals surface area contributed by atoms with Crippen molar-refractivity contribution in [3.8, 4) is 6.07 Å². The maximum Gasteiger partial charge on any atom is 0.320 e. The summed E-state index contributed by atoms with van der Waals surface area (Å²) in [4.78, 5) is 0. The maximum absolute atomic E-state index is 12.9. The molecule has 60 valence electrons. The molecule has 0 heterocycles. The Bertz CT molecular complexity index is 332. The van der Waals surface area contributed by atoms with Crippen LogP contribution in [-0.2, 0) is 0 Å². The molecule has 0 amide bonds. The zero-order valence-corrected chi connectivity index (χ0v) is 6.58. The van der Waals surface area contributed by atoms with Crippen molar-refractivity contribution in [3.05, 3.63) is 29.6 Å². The van der Waals surface area contributed by atoms with Crippen molar-refractivity contribution in [2.75, 3.05) is 0 Å². The fourth-order valence-corrected chi connectivity index (χ4v) is 0.882. The van der Waals surface area contributed by atoms with Gasteiger partial charge in [0.05, 0.1) is 5.56 Å². The maximum atomic E-state index is 12.9. The van der Waals surface area contributed by atoms with E-state index in [1.54, 1.807) is 12.9 Å². The number of hydrogen-bond acceptors (Lipinski definition) is 2. The Hall–Kier alpha value is -1.34. The predicted molar refractivity (Wildman–Crippen MR) is 44.6 cm³/mol. The highest BCUT2D eigenvalue weighted by Gasteiger charge is 2.09. The van der Waals surface area contributed by atoms with Gasteiger partial charge in [0.15, 0.2) is 0 Å². The molecule has 1 aromatic rings. The number of rotatable bonds is 1. The summed E-state index contributed by atoms with van der Waals surface area (Å²) in [5.41, 5.74) is 0.478. The summed E-state index contributed by atoms with van der Waals surface area (Å²) in [7, 11) is 0. The monoisotopic (exact) mass is 163 g/mol. The largest absolute Gasteiger partial charge is 0.446 e. The lowest BCUT2D eigenvalue weighted by Crippen LogP contribution is -2.26. The van der Waals surface area contributed by atoms with Crippen LogP contribution in [0.4, 0.5) is 4.39 Å². The molecular formula is C8H7BFNO. The Labute approximate surface area is 70.4 Å². The van der Waals surface area contributed by atoms with Gasteiger partial charge < -0.3 is 5.02 Å². The third kappa shape index (κ3) is 1.63. The van der Waals surface area contributed by atoms with Crippen molar-refractivity contribution in [3.63, 3.8) is 0 Å². The molecular weight excluding hydrogens is 156 g/mol. The summed E-state index contributed by atoms with van der Waals surface area (Å²) in [6.07, 6.45) is 0. The van der Waals surface area contributed by atoms with E-state index in [0.717, 1.165) is 0 Å². The molecule has 0 spiro atoms. The predicted octanol–water partition coefficient (Wildman–Crippen LogP) is 0.518. The highest BCUT2D eigenvalue weighted by Crippen LogP contribution is 2.02. The van der Waals surface area contributed by atoms with Crippen LogP contribution in [0.2, 0.25) is 6.82 Å². The molecule has 1 rings (SSSR count). The van der Waals surface area contributed by atoms with Gasteiger partial charge in [-0.25, -0.2) is 4.39 Å². The van der Waals surface area contributed by atoms with Gasteiger partial charge in [-0.2, -0.15) is 5.26 Å². The molecule has 0 unspecified atom stereocenters. The summed E-state index contributed by atoms with van der Waals surface area (Å²) < 4.78 is 12.9. The fourth-order valence-electron chi connectivity index (χ4n) is 0.882. The van der Waals surface area contributed by atoms with Crippen LogP contribution in [0.5, 0.6) is 0 Å². The summed E-state index contributed by atoms with van der Waals surface area (Å²) in [6.45, 7) is 0.841. The van der Waals surface area contributed by atoms with E-state index in [9.17, 15) is 4.39 Å². The van der Waals surface area contributed by atoms with E-state index < -0.39 is 12.7 Å². The second kappa shape index (κ2) is 3.37. The van der Waals surface area contributed by atoms with E-state index in [-0.39, 0.29) is 5.56 Å². The Balaban J connectivity index is 3.12. The molecule has 0 aromatic heterocycles. The first-order chi connectivity index (χ1) is 5.65. The molecule has 1 aromatic carbocycles. The normalized spacial score (nSPS) is 9.17. The van der Waals surface area contributed by atoms with Gasteiger partial charge in [-0.1, -0.05) is 12.9 Å². The fraction of sp³-hybridized carbons (Fsp3) is 0.125. The van der Waals surface area contributed by atoms with E-state index in [2.05, 4.69) is 0 Å². The molecule has 0 aliphatic rings. The molecule has 0 saturated heterocycles. The van der Waals surface area contributed by atoms with Gasteiger partial charge in [0.2, 0.25) is 0 Å². The molecule has 12 heavy (non-hydrogen) atoms. The third-order valence-electron chi connectivity index (χ3n) is 1.60. The van der Waals surface area contributed by atoms with Crippen LogP contribution in [0.15, 0.2) is 18.2 Å². The number of halogens is 1. The average molecular weight is 163 g/mol. The zero-order chi connectivity index (χ0) is 9.14. The van der Waals surface area contributed by atoms with Gasteiger partial charge in [0, 0.05) is 0 Å². The van der Waals surface area contributed by atoms with Crippen molar-refractivity contribution in [2.45, 2.75) is 6.82 Å². The average Bonchev–Trinajstić information content (AvgIpc) is 2.04. The molecule has 0 aliphatic heterocycles. The van der Waals surface area contributed by atoms with E-state index in [4.69, 9.17) is 10.3 Å². The first kappa shape index (κ1) is 8.76. The van der Waals surface area contributed by atoms with Gasteiger partial charge in [-0.05, 0) is 17.6 Å². The second-order valence-corrected chi connectivity index (χ2v) is 2.53. The molecule has 0 atom stereocenters. The van der Waals surface area contributed by atoms with Crippen LogP contribution >= 0.6 is 0 Å². The van der Waals surface area contributed by atoms with Gasteiger partial charge in [-0.15, -0.1) is 0 Å². The highest BCUT2D eigenvalue weighted by atomic mass is 19.1. The minimum Gasteiger partial charge on any atom is -0.446 e. The van der Waals surface area contributed by atoms with Crippen molar-refractivity contribution in [2.24, 2.45) is 0 Å². The van der Waals surface area contributed by atoms with Crippen molar-refractivity contribution in [1.29, 1.82) is 5.26 Å². The summed E-state index contributed by atoms with van der Waals surface area (Å²) in [5.74, 6) is -0.587. The minimum absolute atomic E-state index is 0.000556. The number of nitrogens with zero attached hydrogens (tertiary/aromatic N) is 1. The zero-order valence-electron chi connectivity index (χ0n) is 6.58. The quantitative estimate of drug-likeness (QED) is 0.613. The lowest BCUT2D eigenvalue weighted by atomic mass is 9.64. The molecule has 0 fully saturated rings. The molecule has 0 bridgehead atoms. The van der Waals surface area contributed by atoms with Crippen molar-refractivity contribution < 1.29 is 9.41 Å².